The van der Waals surface area contributed by atoms with Gasteiger partial charge in [-0.1, -0.05) is 12.1 Å². The molecule has 2 heteroatoms. The number of rotatable bonds is 2. The first-order valence-corrected chi connectivity index (χ1v) is 3.10. The first-order chi connectivity index (χ1) is 4.83. The minimum absolute atomic E-state index is 0.738. The van der Waals surface area contributed by atoms with Gasteiger partial charge in [0.15, 0.2) is 5.75 Å². The van der Waals surface area contributed by atoms with Crippen molar-refractivity contribution in [1.29, 1.82) is 0 Å². The summed E-state index contributed by atoms with van der Waals surface area (Å²) in [7, 11) is 1.49. The quantitative estimate of drug-likeness (QED) is 0.459. The van der Waals surface area contributed by atoms with E-state index >= 15 is 0 Å². The van der Waals surface area contributed by atoms with Crippen molar-refractivity contribution >= 4 is 0 Å². The molecule has 0 amide bonds. The van der Waals surface area contributed by atoms with E-state index in [0.29, 0.717) is 0 Å². The molecule has 0 radical (unpaired) electrons. The van der Waals surface area contributed by atoms with E-state index in [1.165, 1.54) is 7.11 Å². The van der Waals surface area contributed by atoms with Crippen LogP contribution in [-0.4, -0.2) is 7.11 Å². The zero-order valence-electron chi connectivity index (χ0n) is 6.13. The minimum atomic E-state index is 0.738. The van der Waals surface area contributed by atoms with Crippen LogP contribution in [0.25, 0.3) is 0 Å². The monoisotopic (exact) mass is 138 g/mol. The first-order valence-electron chi connectivity index (χ1n) is 3.10. The van der Waals surface area contributed by atoms with Crippen molar-refractivity contribution in [1.82, 2.24) is 0 Å². The predicted octanol–water partition coefficient (Wildman–Crippen LogP) is 1.94. The average Bonchev–Trinajstić information content (AvgIpc) is 1.88. The van der Waals surface area contributed by atoms with E-state index in [2.05, 4.69) is 4.89 Å². The lowest BCUT2D eigenvalue weighted by Crippen LogP contribution is -1.89. The summed E-state index contributed by atoms with van der Waals surface area (Å²) in [6, 6.07) is 7.67. The molecule has 10 heavy (non-hydrogen) atoms. The highest BCUT2D eigenvalue weighted by molar-refractivity contribution is 5.26. The van der Waals surface area contributed by atoms with Gasteiger partial charge in [-0.2, -0.15) is 4.89 Å². The third-order valence-corrected chi connectivity index (χ3v) is 1.17. The largest absolute Gasteiger partial charge is 0.338 e. The lowest BCUT2D eigenvalue weighted by atomic mass is 10.2. The van der Waals surface area contributed by atoms with Crippen LogP contribution >= 0.6 is 0 Å². The maximum absolute atomic E-state index is 4.79. The van der Waals surface area contributed by atoms with Crippen molar-refractivity contribution in [3.63, 3.8) is 0 Å². The van der Waals surface area contributed by atoms with Crippen LogP contribution < -0.4 is 4.89 Å². The minimum Gasteiger partial charge on any atom is -0.338 e. The van der Waals surface area contributed by atoms with Crippen LogP contribution in [0.4, 0.5) is 0 Å². The number of hydrogen-bond donors (Lipinski definition) is 0. The van der Waals surface area contributed by atoms with Gasteiger partial charge in [-0.3, -0.25) is 0 Å². The normalized spacial score (nSPS) is 9.40. The number of benzene rings is 1. The maximum Gasteiger partial charge on any atom is 0.165 e. The third kappa shape index (κ3) is 1.74. The summed E-state index contributed by atoms with van der Waals surface area (Å²) >= 11 is 0. The molecule has 0 N–H and O–H groups in total. The maximum atomic E-state index is 4.79. The van der Waals surface area contributed by atoms with Gasteiger partial charge < -0.3 is 4.89 Å². The second-order valence-corrected chi connectivity index (χ2v) is 2.07. The molecule has 1 rings (SSSR count). The van der Waals surface area contributed by atoms with E-state index < -0.39 is 0 Å². The van der Waals surface area contributed by atoms with Crippen molar-refractivity contribution in [3.05, 3.63) is 29.8 Å². The molecule has 0 aromatic heterocycles. The summed E-state index contributed by atoms with van der Waals surface area (Å²) in [5.74, 6) is 0.738. The van der Waals surface area contributed by atoms with Gasteiger partial charge in [0.1, 0.15) is 0 Å². The highest BCUT2D eigenvalue weighted by Crippen LogP contribution is 2.11. The van der Waals surface area contributed by atoms with Crippen molar-refractivity contribution in [2.24, 2.45) is 0 Å². The summed E-state index contributed by atoms with van der Waals surface area (Å²) in [6.45, 7) is 2.00. The summed E-state index contributed by atoms with van der Waals surface area (Å²) < 4.78 is 0. The SMILES string of the molecule is COOc1cccc(C)c1. The van der Waals surface area contributed by atoms with E-state index in [1.807, 2.05) is 31.2 Å². The van der Waals surface area contributed by atoms with Gasteiger partial charge in [-0.05, 0) is 24.6 Å². The molecule has 0 unspecified atom stereocenters. The standard InChI is InChI=1S/C8H10O2/c1-7-4-3-5-8(6-7)10-9-2/h3-6H,1-2H3. The molecule has 0 aliphatic rings. The molecule has 54 valence electrons. The first kappa shape index (κ1) is 7.09. The Bertz CT molecular complexity index is 208. The Labute approximate surface area is 60.3 Å². The van der Waals surface area contributed by atoms with Gasteiger partial charge in [-0.15, -0.1) is 0 Å². The molecule has 1 aromatic rings. The van der Waals surface area contributed by atoms with Crippen molar-refractivity contribution < 1.29 is 9.78 Å². The van der Waals surface area contributed by atoms with Crippen LogP contribution in [0.3, 0.4) is 0 Å². The van der Waals surface area contributed by atoms with E-state index in [1.54, 1.807) is 0 Å². The van der Waals surface area contributed by atoms with Gasteiger partial charge >= 0.3 is 0 Å². The highest BCUT2D eigenvalue weighted by atomic mass is 17.2. The van der Waals surface area contributed by atoms with E-state index in [0.717, 1.165) is 11.3 Å². The Morgan fingerprint density at radius 2 is 2.10 bits per heavy atom. The summed E-state index contributed by atoms with van der Waals surface area (Å²) in [5, 5.41) is 0. The topological polar surface area (TPSA) is 18.5 Å². The van der Waals surface area contributed by atoms with E-state index in [4.69, 9.17) is 4.89 Å². The smallest absolute Gasteiger partial charge is 0.165 e. The highest BCUT2D eigenvalue weighted by Gasteiger charge is 1.90. The number of hydrogen-bond acceptors (Lipinski definition) is 2. The molecule has 0 saturated carbocycles. The van der Waals surface area contributed by atoms with Crippen LogP contribution in [0.2, 0.25) is 0 Å². The van der Waals surface area contributed by atoms with Gasteiger partial charge in [0, 0.05) is 0 Å². The predicted molar refractivity (Wildman–Crippen MR) is 38.8 cm³/mol. The lowest BCUT2D eigenvalue weighted by Gasteiger charge is -1.99. The van der Waals surface area contributed by atoms with Gasteiger partial charge in [0.2, 0.25) is 0 Å². The fourth-order valence-electron chi connectivity index (χ4n) is 0.763. The summed E-state index contributed by atoms with van der Waals surface area (Å²) in [5.41, 5.74) is 1.16. The van der Waals surface area contributed by atoms with E-state index in [-0.39, 0.29) is 0 Å². The Morgan fingerprint density at radius 3 is 2.70 bits per heavy atom. The molecular weight excluding hydrogens is 128 g/mol. The molecule has 0 aliphatic carbocycles. The third-order valence-electron chi connectivity index (χ3n) is 1.17. The van der Waals surface area contributed by atoms with Gasteiger partial charge in [0.05, 0.1) is 7.11 Å². The molecule has 2 nitrogen and oxygen atoms in total. The number of aryl methyl sites for hydroxylation is 1. The molecule has 0 saturated heterocycles. The Hall–Kier alpha value is -1.02. The zero-order valence-corrected chi connectivity index (χ0v) is 6.13. The average molecular weight is 138 g/mol. The molecule has 1 aromatic carbocycles. The summed E-state index contributed by atoms with van der Waals surface area (Å²) in [6.07, 6.45) is 0. The van der Waals surface area contributed by atoms with Crippen molar-refractivity contribution in [2.45, 2.75) is 6.92 Å². The fourth-order valence-corrected chi connectivity index (χ4v) is 0.763. The molecule has 0 aliphatic heterocycles. The Balaban J connectivity index is 2.75. The second-order valence-electron chi connectivity index (χ2n) is 2.07. The van der Waals surface area contributed by atoms with Gasteiger partial charge in [0.25, 0.3) is 0 Å². The Morgan fingerprint density at radius 1 is 1.30 bits per heavy atom. The molecule has 0 heterocycles. The summed E-state index contributed by atoms with van der Waals surface area (Å²) in [4.78, 5) is 9.27. The molecular formula is C8H10O2. The molecule has 0 bridgehead atoms. The molecule has 0 fully saturated rings. The van der Waals surface area contributed by atoms with Crippen molar-refractivity contribution in [3.8, 4) is 5.75 Å². The fraction of sp³-hybridized carbons (Fsp3) is 0.250. The van der Waals surface area contributed by atoms with Crippen LogP contribution in [0, 0.1) is 6.92 Å². The molecule has 0 atom stereocenters. The second kappa shape index (κ2) is 3.22. The van der Waals surface area contributed by atoms with Crippen LogP contribution in [-0.2, 0) is 4.89 Å². The van der Waals surface area contributed by atoms with Crippen LogP contribution in [0.1, 0.15) is 5.56 Å². The van der Waals surface area contributed by atoms with Crippen LogP contribution in [0.15, 0.2) is 24.3 Å². The van der Waals surface area contributed by atoms with Crippen LogP contribution in [0.5, 0.6) is 5.75 Å². The van der Waals surface area contributed by atoms with Gasteiger partial charge in [-0.25, -0.2) is 0 Å². The van der Waals surface area contributed by atoms with Crippen molar-refractivity contribution in [2.75, 3.05) is 7.11 Å². The lowest BCUT2D eigenvalue weighted by molar-refractivity contribution is -0.178. The molecule has 0 spiro atoms. The van der Waals surface area contributed by atoms with E-state index in [9.17, 15) is 0 Å². The zero-order chi connectivity index (χ0) is 7.40. The Kier molecular flexibility index (Phi) is 2.29.